The Kier molecular flexibility index (Phi) is 5.75. The molecule has 0 radical (unpaired) electrons. The smallest absolute Gasteiger partial charge is 0.410 e. The van der Waals surface area contributed by atoms with Crippen LogP contribution in [0.5, 0.6) is 0 Å². The molecule has 0 aromatic heterocycles. The Balaban J connectivity index is 1.14. The maximum Gasteiger partial charge on any atom is 0.410 e. The van der Waals surface area contributed by atoms with Gasteiger partial charge in [-0.2, -0.15) is 0 Å². The minimum atomic E-state index is -0.175. The second-order valence-corrected chi connectivity index (χ2v) is 10.2. The van der Waals surface area contributed by atoms with Crippen molar-refractivity contribution in [2.24, 2.45) is 0 Å². The van der Waals surface area contributed by atoms with Gasteiger partial charge in [0.15, 0.2) is 0 Å². The molecule has 2 aliphatic carbocycles. The number of carbonyl (C=O) groups excluding carboxylic acids is 1. The van der Waals surface area contributed by atoms with Crippen molar-refractivity contribution in [1.29, 1.82) is 0 Å². The number of rotatable bonds is 4. The van der Waals surface area contributed by atoms with E-state index in [0.717, 1.165) is 44.1 Å². The summed E-state index contributed by atoms with van der Waals surface area (Å²) in [6.07, 6.45) is 7.48. The summed E-state index contributed by atoms with van der Waals surface area (Å²) in [5.74, 6) is 0.580. The first-order valence-electron chi connectivity index (χ1n) is 12.9. The van der Waals surface area contributed by atoms with Crippen molar-refractivity contribution in [2.45, 2.75) is 63.1 Å². The van der Waals surface area contributed by atoms with E-state index in [4.69, 9.17) is 4.74 Å². The molecule has 1 unspecified atom stereocenters. The Morgan fingerprint density at radius 2 is 1.67 bits per heavy atom. The quantitative estimate of drug-likeness (QED) is 0.638. The van der Waals surface area contributed by atoms with E-state index in [0.29, 0.717) is 12.5 Å². The molecule has 2 aromatic carbocycles. The van der Waals surface area contributed by atoms with E-state index >= 15 is 0 Å². The maximum absolute atomic E-state index is 13.0. The van der Waals surface area contributed by atoms with Crippen LogP contribution >= 0.6 is 0 Å². The van der Waals surface area contributed by atoms with Gasteiger partial charge in [-0.3, -0.25) is 4.90 Å². The molecular weight excluding hydrogens is 410 g/mol. The summed E-state index contributed by atoms with van der Waals surface area (Å²) in [6, 6.07) is 18.0. The van der Waals surface area contributed by atoms with Crippen LogP contribution in [0.2, 0.25) is 0 Å². The van der Waals surface area contributed by atoms with Crippen molar-refractivity contribution in [3.05, 3.63) is 65.2 Å². The number of carbonyl (C=O) groups is 1. The van der Waals surface area contributed by atoms with E-state index in [1.165, 1.54) is 55.6 Å². The van der Waals surface area contributed by atoms with E-state index in [1.54, 1.807) is 0 Å². The Labute approximate surface area is 197 Å². The highest BCUT2D eigenvalue weighted by Gasteiger charge is 2.41. The molecule has 1 amide bonds. The van der Waals surface area contributed by atoms with Gasteiger partial charge in [0.2, 0.25) is 0 Å². The Morgan fingerprint density at radius 1 is 0.879 bits per heavy atom. The van der Waals surface area contributed by atoms with Gasteiger partial charge in [-0.25, -0.2) is 4.79 Å². The second-order valence-electron chi connectivity index (χ2n) is 10.2. The van der Waals surface area contributed by atoms with Gasteiger partial charge in [0.1, 0.15) is 6.61 Å². The lowest BCUT2D eigenvalue weighted by Crippen LogP contribution is -2.49. The first-order chi connectivity index (χ1) is 16.3. The minimum absolute atomic E-state index is 0.154. The van der Waals surface area contributed by atoms with Crippen LogP contribution in [0, 0.1) is 0 Å². The fraction of sp³-hybridized carbons (Fsp3) is 0.536. The van der Waals surface area contributed by atoms with Gasteiger partial charge < -0.3 is 14.5 Å². The SMILES string of the molecule is O=C(OCc1ccccc1)N1CC[C@H]2CC1c1cc(N3CCN(C4CCCC4)CC3)ccc12. The number of benzene rings is 2. The third-order valence-electron chi connectivity index (χ3n) is 8.43. The monoisotopic (exact) mass is 445 g/mol. The standard InChI is InChI=1S/C28H35N3O2/c32-28(33-20-21-6-2-1-3-7-21)31-13-12-22-18-27(31)26-19-24(10-11-25(22)26)30-16-14-29(15-17-30)23-8-4-5-9-23/h1-3,6-7,10-11,19,22-23,27H,4-5,8-9,12-18,20H2/t22-,27?/m0/s1. The molecule has 2 aromatic rings. The van der Waals surface area contributed by atoms with Crippen molar-refractivity contribution < 1.29 is 9.53 Å². The number of piperidine rings is 1. The number of anilines is 1. The lowest BCUT2D eigenvalue weighted by Gasteiger charge is -2.39. The van der Waals surface area contributed by atoms with Crippen molar-refractivity contribution >= 4 is 11.8 Å². The predicted molar refractivity (Wildman–Crippen MR) is 131 cm³/mol. The Bertz CT molecular complexity index is 980. The highest BCUT2D eigenvalue weighted by molar-refractivity contribution is 5.70. The van der Waals surface area contributed by atoms with Crippen molar-refractivity contribution in [3.63, 3.8) is 0 Å². The molecule has 3 fully saturated rings. The fourth-order valence-corrected chi connectivity index (χ4v) is 6.60. The Morgan fingerprint density at radius 3 is 2.45 bits per heavy atom. The maximum atomic E-state index is 13.0. The summed E-state index contributed by atoms with van der Waals surface area (Å²) in [5.41, 5.74) is 5.16. The first kappa shape index (κ1) is 21.0. The zero-order valence-electron chi connectivity index (χ0n) is 19.5. The first-order valence-corrected chi connectivity index (χ1v) is 12.9. The van der Waals surface area contributed by atoms with E-state index in [1.807, 2.05) is 35.2 Å². The topological polar surface area (TPSA) is 36.0 Å². The molecule has 2 bridgehead atoms. The van der Waals surface area contributed by atoms with E-state index in [-0.39, 0.29) is 12.1 Å². The molecule has 5 nitrogen and oxygen atoms in total. The van der Waals surface area contributed by atoms with Crippen LogP contribution in [0.3, 0.4) is 0 Å². The number of hydrogen-bond acceptors (Lipinski definition) is 4. The molecule has 2 heterocycles. The molecule has 6 rings (SSSR count). The number of nitrogens with zero attached hydrogens (tertiary/aromatic N) is 3. The summed E-state index contributed by atoms with van der Waals surface area (Å²) in [6.45, 7) is 5.67. The number of hydrogen-bond donors (Lipinski definition) is 0. The van der Waals surface area contributed by atoms with Gasteiger partial charge in [0.05, 0.1) is 6.04 Å². The number of ether oxygens (including phenoxy) is 1. The third kappa shape index (κ3) is 4.12. The lowest BCUT2D eigenvalue weighted by molar-refractivity contribution is 0.0694. The van der Waals surface area contributed by atoms with Gasteiger partial charge in [0.25, 0.3) is 0 Å². The summed E-state index contributed by atoms with van der Waals surface area (Å²) in [5, 5.41) is 0. The fourth-order valence-electron chi connectivity index (χ4n) is 6.60. The summed E-state index contributed by atoms with van der Waals surface area (Å²) < 4.78 is 5.71. The van der Waals surface area contributed by atoms with Crippen LogP contribution in [-0.4, -0.2) is 54.7 Å². The molecule has 0 spiro atoms. The minimum Gasteiger partial charge on any atom is -0.445 e. The molecule has 2 saturated heterocycles. The van der Waals surface area contributed by atoms with Gasteiger partial charge in [-0.05, 0) is 60.4 Å². The highest BCUT2D eigenvalue weighted by Crippen LogP contribution is 2.50. The van der Waals surface area contributed by atoms with Gasteiger partial charge >= 0.3 is 6.09 Å². The van der Waals surface area contributed by atoms with Crippen molar-refractivity contribution in [3.8, 4) is 0 Å². The average Bonchev–Trinajstić information content (AvgIpc) is 3.51. The number of likely N-dealkylation sites (tertiary alicyclic amines) is 1. The normalized spacial score (nSPS) is 25.3. The van der Waals surface area contributed by atoms with E-state index < -0.39 is 0 Å². The molecule has 174 valence electrons. The molecule has 5 heteroatoms. The summed E-state index contributed by atoms with van der Waals surface area (Å²) in [4.78, 5) is 20.2. The summed E-state index contributed by atoms with van der Waals surface area (Å²) >= 11 is 0. The lowest BCUT2D eigenvalue weighted by atomic mass is 9.96. The number of piperazine rings is 1. The third-order valence-corrected chi connectivity index (χ3v) is 8.43. The number of amides is 1. The van der Waals surface area contributed by atoms with Crippen LogP contribution in [0.1, 0.15) is 67.2 Å². The zero-order valence-corrected chi connectivity index (χ0v) is 19.5. The molecule has 0 N–H and O–H groups in total. The van der Waals surface area contributed by atoms with Crippen LogP contribution < -0.4 is 4.90 Å². The largest absolute Gasteiger partial charge is 0.445 e. The molecule has 33 heavy (non-hydrogen) atoms. The zero-order chi connectivity index (χ0) is 22.2. The Hall–Kier alpha value is -2.53. The van der Waals surface area contributed by atoms with Crippen LogP contribution in [0.4, 0.5) is 10.5 Å². The van der Waals surface area contributed by atoms with Crippen LogP contribution in [0.15, 0.2) is 48.5 Å². The van der Waals surface area contributed by atoms with Gasteiger partial charge in [-0.15, -0.1) is 0 Å². The highest BCUT2D eigenvalue weighted by atomic mass is 16.6. The molecule has 2 aliphatic heterocycles. The van der Waals surface area contributed by atoms with Crippen LogP contribution in [0.25, 0.3) is 0 Å². The van der Waals surface area contributed by atoms with Gasteiger partial charge in [-0.1, -0.05) is 49.2 Å². The van der Waals surface area contributed by atoms with E-state index in [9.17, 15) is 4.79 Å². The van der Waals surface area contributed by atoms with E-state index in [2.05, 4.69) is 28.0 Å². The average molecular weight is 446 g/mol. The molecular formula is C28H35N3O2. The molecule has 1 saturated carbocycles. The van der Waals surface area contributed by atoms with Crippen molar-refractivity contribution in [1.82, 2.24) is 9.80 Å². The second kappa shape index (κ2) is 9.02. The predicted octanol–water partition coefficient (Wildman–Crippen LogP) is 5.32. The van der Waals surface area contributed by atoms with Crippen LogP contribution in [-0.2, 0) is 11.3 Å². The van der Waals surface area contributed by atoms with Gasteiger partial charge in [0, 0.05) is 44.5 Å². The number of fused-ring (bicyclic) bond motifs is 5. The summed E-state index contributed by atoms with van der Waals surface area (Å²) in [7, 11) is 0. The molecule has 4 aliphatic rings. The molecule has 2 atom stereocenters. The van der Waals surface area contributed by atoms with Crippen molar-refractivity contribution in [2.75, 3.05) is 37.6 Å².